The Morgan fingerprint density at radius 2 is 1.84 bits per heavy atom. The number of likely N-dealkylation sites (tertiary alicyclic amines) is 1. The summed E-state index contributed by atoms with van der Waals surface area (Å²) < 4.78 is 5.28. The quantitative estimate of drug-likeness (QED) is 0.345. The molecule has 7 heteroatoms. The van der Waals surface area contributed by atoms with Gasteiger partial charge in [0.15, 0.2) is 0 Å². The third kappa shape index (κ3) is 5.89. The van der Waals surface area contributed by atoms with Gasteiger partial charge < -0.3 is 20.7 Å². The minimum absolute atomic E-state index is 0.198. The zero-order valence-corrected chi connectivity index (χ0v) is 21.9. The Kier molecular flexibility index (Phi) is 7.75. The molecule has 196 valence electrons. The fraction of sp³-hybridized carbons (Fsp3) is 0.290. The highest BCUT2D eigenvalue weighted by Gasteiger charge is 2.25. The predicted molar refractivity (Wildman–Crippen MR) is 151 cm³/mol. The van der Waals surface area contributed by atoms with Crippen LogP contribution in [0.15, 0.2) is 72.9 Å². The first kappa shape index (κ1) is 25.5. The summed E-state index contributed by atoms with van der Waals surface area (Å²) in [4.78, 5) is 28.1. The van der Waals surface area contributed by atoms with Crippen LogP contribution in [0.2, 0.25) is 0 Å². The molecular weight excluding hydrogens is 476 g/mol. The maximum absolute atomic E-state index is 12.9. The maximum atomic E-state index is 12.9. The van der Waals surface area contributed by atoms with Gasteiger partial charge in [-0.25, -0.2) is 0 Å². The van der Waals surface area contributed by atoms with Crippen molar-refractivity contribution >= 4 is 28.8 Å². The maximum Gasteiger partial charge on any atom is 0.257 e. The zero-order valence-electron chi connectivity index (χ0n) is 21.9. The molecule has 2 amide bonds. The van der Waals surface area contributed by atoms with Crippen LogP contribution in [0.25, 0.3) is 5.57 Å². The summed E-state index contributed by atoms with van der Waals surface area (Å²) >= 11 is 0. The number of nitrogens with zero attached hydrogens (tertiary/aromatic N) is 1. The van der Waals surface area contributed by atoms with Crippen LogP contribution in [-0.4, -0.2) is 36.9 Å². The molecule has 3 N–H and O–H groups in total. The number of hydrogen-bond acceptors (Lipinski definition) is 5. The van der Waals surface area contributed by atoms with Crippen molar-refractivity contribution in [3.63, 3.8) is 0 Å². The molecule has 38 heavy (non-hydrogen) atoms. The van der Waals surface area contributed by atoms with Gasteiger partial charge in [-0.15, -0.1) is 0 Å². The molecule has 0 spiro atoms. The van der Waals surface area contributed by atoms with Gasteiger partial charge in [-0.1, -0.05) is 36.8 Å². The van der Waals surface area contributed by atoms with Crippen LogP contribution < -0.4 is 20.7 Å². The lowest BCUT2D eigenvalue weighted by Crippen LogP contribution is -2.29. The van der Waals surface area contributed by atoms with Crippen molar-refractivity contribution in [2.75, 3.05) is 30.8 Å². The first-order valence-electron chi connectivity index (χ1n) is 13.2. The van der Waals surface area contributed by atoms with E-state index >= 15 is 0 Å². The van der Waals surface area contributed by atoms with E-state index in [0.29, 0.717) is 16.8 Å². The molecule has 0 aliphatic carbocycles. The molecule has 0 radical (unpaired) electrons. The lowest BCUT2D eigenvalue weighted by molar-refractivity contribution is -0.110. The van der Waals surface area contributed by atoms with Crippen molar-refractivity contribution < 1.29 is 14.3 Å². The van der Waals surface area contributed by atoms with Crippen molar-refractivity contribution in [1.82, 2.24) is 10.2 Å². The Morgan fingerprint density at radius 1 is 1.05 bits per heavy atom. The first-order chi connectivity index (χ1) is 18.5. The number of fused-ring (bicyclic) bond motifs is 1. The lowest BCUT2D eigenvalue weighted by Gasteiger charge is -2.26. The largest absolute Gasteiger partial charge is 0.497 e. The Hall–Kier alpha value is -4.10. The monoisotopic (exact) mass is 510 g/mol. The molecule has 0 unspecified atom stereocenters. The Balaban J connectivity index is 1.23. The van der Waals surface area contributed by atoms with Crippen LogP contribution >= 0.6 is 0 Å². The Bertz CT molecular complexity index is 1340. The van der Waals surface area contributed by atoms with E-state index in [1.165, 1.54) is 37.9 Å². The minimum Gasteiger partial charge on any atom is -0.497 e. The number of rotatable bonds is 8. The van der Waals surface area contributed by atoms with Crippen molar-refractivity contribution in [3.8, 4) is 5.75 Å². The molecule has 7 nitrogen and oxygen atoms in total. The molecule has 0 aromatic heterocycles. The molecule has 3 aromatic rings. The van der Waals surface area contributed by atoms with Crippen LogP contribution in [0.1, 0.15) is 59.3 Å². The van der Waals surface area contributed by atoms with E-state index in [2.05, 4.69) is 33.0 Å². The van der Waals surface area contributed by atoms with Gasteiger partial charge in [0, 0.05) is 35.2 Å². The summed E-state index contributed by atoms with van der Waals surface area (Å²) in [5.41, 5.74) is 5.57. The van der Waals surface area contributed by atoms with Gasteiger partial charge >= 0.3 is 0 Å². The fourth-order valence-corrected chi connectivity index (χ4v) is 4.99. The molecule has 1 atom stereocenters. The highest BCUT2D eigenvalue weighted by molar-refractivity contribution is 6.32. The fourth-order valence-electron chi connectivity index (χ4n) is 4.99. The number of carbonyl (C=O) groups is 2. The molecule has 5 rings (SSSR count). The number of nitrogens with one attached hydrogen (secondary N) is 3. The second kappa shape index (κ2) is 11.5. The van der Waals surface area contributed by atoms with Crippen molar-refractivity contribution in [2.24, 2.45) is 0 Å². The van der Waals surface area contributed by atoms with E-state index < -0.39 is 0 Å². The molecule has 3 aromatic carbocycles. The standard InChI is InChI=1S/C31H34N4O3/c1-21(23-7-6-8-26(17-23)38-2)33-30(36)24-11-14-27-28(31(37)34-29(27)18-24)19-32-25-12-9-22(10-13-25)20-35-15-4-3-5-16-35/h6-14,17-19,21,32H,3-5,15-16,20H2,1-2H3,(H,33,36)(H,34,37)/t21-/m1/s1. The van der Waals surface area contributed by atoms with Crippen molar-refractivity contribution in [3.05, 3.63) is 95.2 Å². The molecule has 0 bridgehead atoms. The van der Waals surface area contributed by atoms with Gasteiger partial charge in [-0.05, 0) is 80.4 Å². The summed E-state index contributed by atoms with van der Waals surface area (Å²) in [5.74, 6) is 0.333. The van der Waals surface area contributed by atoms with E-state index in [-0.39, 0.29) is 17.9 Å². The average molecular weight is 511 g/mol. The number of carbonyl (C=O) groups excluding carboxylic acids is 2. The third-order valence-electron chi connectivity index (χ3n) is 7.20. The lowest BCUT2D eigenvalue weighted by atomic mass is 10.0. The van der Waals surface area contributed by atoms with Gasteiger partial charge in [-0.2, -0.15) is 0 Å². The Labute approximate surface area is 223 Å². The molecule has 0 saturated carbocycles. The Morgan fingerprint density at radius 3 is 2.61 bits per heavy atom. The molecule has 2 aliphatic rings. The van der Waals surface area contributed by atoms with E-state index in [4.69, 9.17) is 4.74 Å². The van der Waals surface area contributed by atoms with Gasteiger partial charge in [0.2, 0.25) is 0 Å². The van der Waals surface area contributed by atoms with Crippen LogP contribution in [0.3, 0.4) is 0 Å². The predicted octanol–water partition coefficient (Wildman–Crippen LogP) is 5.58. The molecule has 1 saturated heterocycles. The summed E-state index contributed by atoms with van der Waals surface area (Å²) in [7, 11) is 1.62. The van der Waals surface area contributed by atoms with Crippen molar-refractivity contribution in [2.45, 2.75) is 38.8 Å². The number of amides is 2. The molecule has 2 aliphatic heterocycles. The van der Waals surface area contributed by atoms with Gasteiger partial charge in [0.25, 0.3) is 11.8 Å². The number of piperidine rings is 1. The van der Waals surface area contributed by atoms with Crippen LogP contribution in [-0.2, 0) is 11.3 Å². The summed E-state index contributed by atoms with van der Waals surface area (Å²) in [5, 5.41) is 9.16. The number of ether oxygens (including phenoxy) is 1. The number of methoxy groups -OCH3 is 1. The van der Waals surface area contributed by atoms with E-state index in [0.717, 1.165) is 29.1 Å². The van der Waals surface area contributed by atoms with E-state index in [1.807, 2.05) is 49.4 Å². The SMILES string of the molecule is COc1cccc([C@@H](C)NC(=O)c2ccc3c(c2)NC(=O)C3=CNc2ccc(CN3CCCCC3)cc2)c1. The topological polar surface area (TPSA) is 82.7 Å². The molecule has 1 fully saturated rings. The molecule has 2 heterocycles. The minimum atomic E-state index is -0.211. The molecular formula is C31H34N4O3. The zero-order chi connectivity index (χ0) is 26.5. The van der Waals surface area contributed by atoms with Gasteiger partial charge in [-0.3, -0.25) is 14.5 Å². The number of benzene rings is 3. The summed E-state index contributed by atoms with van der Waals surface area (Å²) in [6.07, 6.45) is 5.63. The first-order valence-corrected chi connectivity index (χ1v) is 13.2. The average Bonchev–Trinajstić information content (AvgIpc) is 3.27. The van der Waals surface area contributed by atoms with E-state index in [9.17, 15) is 9.59 Å². The highest BCUT2D eigenvalue weighted by atomic mass is 16.5. The smallest absolute Gasteiger partial charge is 0.257 e. The van der Waals surface area contributed by atoms with Crippen molar-refractivity contribution in [1.29, 1.82) is 0 Å². The summed E-state index contributed by atoms with van der Waals surface area (Å²) in [6, 6.07) is 21.0. The van der Waals surface area contributed by atoms with Crippen LogP contribution in [0, 0.1) is 0 Å². The third-order valence-corrected chi connectivity index (χ3v) is 7.20. The van der Waals surface area contributed by atoms with Crippen LogP contribution in [0.4, 0.5) is 11.4 Å². The van der Waals surface area contributed by atoms with Gasteiger partial charge in [0.05, 0.1) is 18.7 Å². The second-order valence-electron chi connectivity index (χ2n) is 9.92. The normalized spacial score (nSPS) is 17.0. The van der Waals surface area contributed by atoms with Crippen LogP contribution in [0.5, 0.6) is 5.75 Å². The summed E-state index contributed by atoms with van der Waals surface area (Å²) in [6.45, 7) is 5.25. The number of hydrogen-bond donors (Lipinski definition) is 3. The highest BCUT2D eigenvalue weighted by Crippen LogP contribution is 2.33. The number of anilines is 2. The second-order valence-corrected chi connectivity index (χ2v) is 9.92. The van der Waals surface area contributed by atoms with Gasteiger partial charge in [0.1, 0.15) is 5.75 Å². The van der Waals surface area contributed by atoms with E-state index in [1.54, 1.807) is 25.4 Å².